The Bertz CT molecular complexity index is 48.8. The van der Waals surface area contributed by atoms with Gasteiger partial charge in [0.05, 0.1) is 0 Å². The van der Waals surface area contributed by atoms with Gasteiger partial charge in [0.25, 0.3) is 0 Å². The molecule has 2 nitrogen and oxygen atoms in total. The van der Waals surface area contributed by atoms with Crippen molar-refractivity contribution < 1.29 is 9.90 Å². The number of thiol groups is 1. The molecule has 38 valence electrons. The summed E-state index contributed by atoms with van der Waals surface area (Å²) in [5.74, 6) is 0. The van der Waals surface area contributed by atoms with Crippen molar-refractivity contribution in [2.75, 3.05) is 0 Å². The van der Waals surface area contributed by atoms with Crippen LogP contribution in [0.25, 0.3) is 0 Å². The molecule has 0 saturated carbocycles. The van der Waals surface area contributed by atoms with Crippen molar-refractivity contribution in [2.24, 2.45) is 0 Å². The molecule has 0 saturated heterocycles. The van der Waals surface area contributed by atoms with E-state index in [9.17, 15) is 4.79 Å². The normalized spacial score (nSPS) is 8.17. The minimum atomic E-state index is -0.944. The van der Waals surface area contributed by atoms with Crippen LogP contribution in [0.3, 0.4) is 0 Å². The molecule has 0 rings (SSSR count). The Labute approximate surface area is 57.7 Å². The summed E-state index contributed by atoms with van der Waals surface area (Å²) in [5, 5.41) is 7.70. The van der Waals surface area contributed by atoms with Crippen molar-refractivity contribution >= 4 is 47.8 Å². The molecule has 0 aromatic carbocycles. The first-order valence-corrected chi connectivity index (χ1v) is 5.21. The second kappa shape index (κ2) is 5.92. The Morgan fingerprint density at radius 2 is 2.00 bits per heavy atom. The SMILES string of the molecule is O=C(O)[AsH]S.[GeH4]. The summed E-state index contributed by atoms with van der Waals surface area (Å²) in [6.45, 7) is 0. The minimum absolute atomic E-state index is 0. The zero-order valence-corrected chi connectivity index (χ0v) is 5.30. The van der Waals surface area contributed by atoms with Crippen molar-refractivity contribution in [2.45, 2.75) is 0 Å². The third kappa shape index (κ3) is 8.87. The topological polar surface area (TPSA) is 37.3 Å². The van der Waals surface area contributed by atoms with E-state index in [-0.39, 0.29) is 17.6 Å². The van der Waals surface area contributed by atoms with E-state index in [1.54, 1.807) is 0 Å². The van der Waals surface area contributed by atoms with Crippen molar-refractivity contribution in [3.05, 3.63) is 0 Å². The van der Waals surface area contributed by atoms with Crippen molar-refractivity contribution in [3.8, 4) is 0 Å². The van der Waals surface area contributed by atoms with Crippen LogP contribution in [0.15, 0.2) is 0 Å². The molecule has 0 amide bonds. The molecule has 1 N–H and O–H groups in total. The summed E-state index contributed by atoms with van der Waals surface area (Å²) >= 11 is -0.944. The van der Waals surface area contributed by atoms with Gasteiger partial charge in [0, 0.05) is 0 Å². The number of hydrogen-bond acceptors (Lipinski definition) is 2. The van der Waals surface area contributed by atoms with Crippen LogP contribution in [0.2, 0.25) is 0 Å². The molecule has 6 heavy (non-hydrogen) atoms. The van der Waals surface area contributed by atoms with Gasteiger partial charge in [-0.2, -0.15) is 0 Å². The zero-order chi connectivity index (χ0) is 4.28. The molecular weight excluding hydrogens is 224 g/mol. The summed E-state index contributed by atoms with van der Waals surface area (Å²) in [7, 11) is 3.54. The van der Waals surface area contributed by atoms with E-state index in [1.807, 2.05) is 0 Å². The summed E-state index contributed by atoms with van der Waals surface area (Å²) in [5.41, 5.74) is 0. The number of carboxylic acid groups (broad SMARTS) is 1. The van der Waals surface area contributed by atoms with Gasteiger partial charge in [-0.15, -0.1) is 0 Å². The molecule has 0 fully saturated rings. The maximum atomic E-state index is 9.35. The first-order chi connectivity index (χ1) is 2.27. The van der Waals surface area contributed by atoms with Crippen LogP contribution in [-0.4, -0.2) is 42.1 Å². The molecule has 1 unspecified atom stereocenters. The van der Waals surface area contributed by atoms with E-state index < -0.39 is 19.4 Å². The quantitative estimate of drug-likeness (QED) is 0.425. The fraction of sp³-hybridized carbons (Fsp3) is 0. The number of hydrogen-bond donors (Lipinski definition) is 2. The van der Waals surface area contributed by atoms with E-state index in [1.165, 1.54) is 0 Å². The van der Waals surface area contributed by atoms with Crippen LogP contribution in [0.5, 0.6) is 0 Å². The second-order valence-corrected chi connectivity index (χ2v) is 2.95. The molecule has 0 aromatic rings. The van der Waals surface area contributed by atoms with E-state index >= 15 is 0 Å². The Morgan fingerprint density at radius 3 is 2.00 bits per heavy atom. The van der Waals surface area contributed by atoms with E-state index in [4.69, 9.17) is 5.11 Å². The van der Waals surface area contributed by atoms with Crippen molar-refractivity contribution in [3.63, 3.8) is 0 Å². The van der Waals surface area contributed by atoms with Gasteiger partial charge in [-0.1, -0.05) is 0 Å². The second-order valence-electron chi connectivity index (χ2n) is 0.417. The van der Waals surface area contributed by atoms with Crippen LogP contribution in [0.1, 0.15) is 0 Å². The summed E-state index contributed by atoms with van der Waals surface area (Å²) in [4.78, 5) is 9.35. The molecule has 0 aliphatic rings. The summed E-state index contributed by atoms with van der Waals surface area (Å²) in [6, 6.07) is 0. The average molecular weight is 231 g/mol. The maximum absolute atomic E-state index is 9.35. The molecule has 0 radical (unpaired) electrons. The van der Waals surface area contributed by atoms with Crippen LogP contribution in [0.4, 0.5) is 4.79 Å². The van der Waals surface area contributed by atoms with Gasteiger partial charge in [0.2, 0.25) is 0 Å². The molecule has 5 heteroatoms. The van der Waals surface area contributed by atoms with Gasteiger partial charge < -0.3 is 0 Å². The molecular formula is CH7AsGeO2S. The van der Waals surface area contributed by atoms with Crippen molar-refractivity contribution in [1.29, 1.82) is 0 Å². The van der Waals surface area contributed by atoms with Crippen molar-refractivity contribution in [1.82, 2.24) is 0 Å². The average Bonchev–Trinajstić information content (AvgIpc) is 1.38. The Balaban J connectivity index is 0. The van der Waals surface area contributed by atoms with E-state index in [0.717, 1.165) is 0 Å². The third-order valence-corrected chi connectivity index (χ3v) is 1.49. The van der Waals surface area contributed by atoms with Gasteiger partial charge in [-0.25, -0.2) is 0 Å². The molecule has 0 aliphatic carbocycles. The van der Waals surface area contributed by atoms with Crippen LogP contribution in [-0.2, 0) is 0 Å². The Kier molecular flexibility index (Phi) is 9.89. The van der Waals surface area contributed by atoms with Gasteiger partial charge in [0.15, 0.2) is 0 Å². The van der Waals surface area contributed by atoms with Gasteiger partial charge in [-0.05, 0) is 0 Å². The van der Waals surface area contributed by atoms with E-state index in [0.29, 0.717) is 0 Å². The first-order valence-electron chi connectivity index (χ1n) is 0.901. The van der Waals surface area contributed by atoms with Crippen LogP contribution in [0, 0.1) is 0 Å². The van der Waals surface area contributed by atoms with Gasteiger partial charge in [-0.3, -0.25) is 0 Å². The fourth-order valence-corrected chi connectivity index (χ4v) is 0. The predicted molar refractivity (Wildman–Crippen MR) is 35.5 cm³/mol. The summed E-state index contributed by atoms with van der Waals surface area (Å²) < 4.78 is -0.756. The molecule has 0 aliphatic heterocycles. The zero-order valence-electron chi connectivity index (χ0n) is 2.30. The molecule has 1 atom stereocenters. The monoisotopic (exact) mass is 232 g/mol. The third-order valence-electron chi connectivity index (χ3n) is 0.0956. The predicted octanol–water partition coefficient (Wildman–Crippen LogP) is -1.51. The molecule has 0 bridgehead atoms. The Morgan fingerprint density at radius 1 is 1.83 bits per heavy atom. The number of carbonyl (C=O) groups is 1. The van der Waals surface area contributed by atoms with Gasteiger partial charge in [0.1, 0.15) is 0 Å². The Hall–Kier alpha value is 0.921. The first kappa shape index (κ1) is 10.0. The standard InChI is InChI=1S/CH3AsO2S.GeH4/c3-1(4)2-5;/h2,5H,(H,3,4);1H4. The van der Waals surface area contributed by atoms with E-state index in [2.05, 4.69) is 10.9 Å². The molecule has 0 heterocycles. The fourth-order valence-electron chi connectivity index (χ4n) is 0. The van der Waals surface area contributed by atoms with Crippen LogP contribution < -0.4 is 0 Å². The molecule has 0 aromatic heterocycles. The molecule has 0 spiro atoms. The van der Waals surface area contributed by atoms with Crippen LogP contribution >= 0.6 is 10.9 Å². The summed E-state index contributed by atoms with van der Waals surface area (Å²) in [6.07, 6.45) is 0. The van der Waals surface area contributed by atoms with Gasteiger partial charge >= 0.3 is 57.7 Å². The number of rotatable bonds is 1.